The van der Waals surface area contributed by atoms with Gasteiger partial charge in [0.1, 0.15) is 0 Å². The van der Waals surface area contributed by atoms with E-state index in [1.165, 1.54) is 0 Å². The monoisotopic (exact) mass is 336 g/mol. The van der Waals surface area contributed by atoms with Crippen molar-refractivity contribution in [2.24, 2.45) is 0 Å². The number of piperazine rings is 1. The van der Waals surface area contributed by atoms with Crippen LogP contribution in [0.3, 0.4) is 0 Å². The van der Waals surface area contributed by atoms with Gasteiger partial charge in [0.2, 0.25) is 11.9 Å². The Morgan fingerprint density at radius 1 is 1.00 bits per heavy atom. The number of carbonyl (C=O) groups is 1. The molecule has 1 aliphatic rings. The van der Waals surface area contributed by atoms with Crippen LogP contribution in [0.5, 0.6) is 0 Å². The summed E-state index contributed by atoms with van der Waals surface area (Å²) in [7, 11) is 0. The van der Waals surface area contributed by atoms with E-state index in [0.717, 1.165) is 29.9 Å². The number of aromatic nitrogens is 4. The Kier molecular flexibility index (Phi) is 4.28. The lowest BCUT2D eigenvalue weighted by Crippen LogP contribution is -2.49. The van der Waals surface area contributed by atoms with Crippen molar-refractivity contribution in [1.82, 2.24) is 24.6 Å². The largest absolute Gasteiger partial charge is 0.339 e. The molecule has 3 heterocycles. The molecule has 128 valence electrons. The number of amides is 1. The van der Waals surface area contributed by atoms with Crippen LogP contribution in [0.15, 0.2) is 48.9 Å². The predicted octanol–water partition coefficient (Wildman–Crippen LogP) is 1.57. The lowest BCUT2D eigenvalue weighted by atomic mass is 10.2. The van der Waals surface area contributed by atoms with Gasteiger partial charge in [-0.05, 0) is 12.1 Å². The van der Waals surface area contributed by atoms with Crippen LogP contribution >= 0.6 is 0 Å². The van der Waals surface area contributed by atoms with Crippen LogP contribution < -0.4 is 4.90 Å². The number of carbonyl (C=O) groups excluding carboxylic acids is 1. The van der Waals surface area contributed by atoms with Gasteiger partial charge in [0.05, 0.1) is 18.3 Å². The number of hydrogen-bond acceptors (Lipinski definition) is 5. The zero-order chi connectivity index (χ0) is 17.1. The maximum Gasteiger partial charge on any atom is 0.225 e. The molecule has 1 aromatic carbocycles. The molecule has 0 aliphatic carbocycles. The van der Waals surface area contributed by atoms with Crippen molar-refractivity contribution in [3.05, 3.63) is 48.9 Å². The Hall–Kier alpha value is -2.96. The molecule has 3 aromatic rings. The van der Waals surface area contributed by atoms with Gasteiger partial charge in [0, 0.05) is 50.4 Å². The summed E-state index contributed by atoms with van der Waals surface area (Å²) < 4.78 is 1.90. The number of hydrogen-bond donors (Lipinski definition) is 0. The van der Waals surface area contributed by atoms with Crippen LogP contribution in [0.4, 0.5) is 5.95 Å². The fourth-order valence-corrected chi connectivity index (χ4v) is 3.17. The minimum atomic E-state index is 0.174. The highest BCUT2D eigenvalue weighted by Gasteiger charge is 2.22. The molecule has 0 bridgehead atoms. The average Bonchev–Trinajstić information content (AvgIpc) is 3.10. The van der Waals surface area contributed by atoms with Crippen molar-refractivity contribution in [3.8, 4) is 0 Å². The standard InChI is InChI=1S/C18H20N6O/c25-17(6-9-24-16-5-2-1-4-15(16)14-21-24)22-10-12-23(13-11-22)18-19-7-3-8-20-18/h1-5,7-8,14H,6,9-13H2. The summed E-state index contributed by atoms with van der Waals surface area (Å²) in [6.07, 6.45) is 5.80. The van der Waals surface area contributed by atoms with Gasteiger partial charge in [-0.25, -0.2) is 9.97 Å². The number of anilines is 1. The Labute approximate surface area is 145 Å². The molecule has 0 radical (unpaired) electrons. The van der Waals surface area contributed by atoms with Crippen molar-refractivity contribution < 1.29 is 4.79 Å². The van der Waals surface area contributed by atoms with Gasteiger partial charge in [0.25, 0.3) is 0 Å². The fraction of sp³-hybridized carbons (Fsp3) is 0.333. The van der Waals surface area contributed by atoms with Crippen LogP contribution in [0.1, 0.15) is 6.42 Å². The highest BCUT2D eigenvalue weighted by atomic mass is 16.2. The van der Waals surface area contributed by atoms with Crippen molar-refractivity contribution in [1.29, 1.82) is 0 Å². The summed E-state index contributed by atoms with van der Waals surface area (Å²) >= 11 is 0. The molecule has 1 saturated heterocycles. The summed E-state index contributed by atoms with van der Waals surface area (Å²) in [4.78, 5) is 25.1. The Bertz CT molecular complexity index is 854. The van der Waals surface area contributed by atoms with E-state index in [2.05, 4.69) is 20.0 Å². The quantitative estimate of drug-likeness (QED) is 0.723. The number of rotatable bonds is 4. The lowest BCUT2D eigenvalue weighted by molar-refractivity contribution is -0.131. The summed E-state index contributed by atoms with van der Waals surface area (Å²) in [5.74, 6) is 0.908. The normalized spacial score (nSPS) is 14.9. The van der Waals surface area contributed by atoms with Crippen LogP contribution in [-0.2, 0) is 11.3 Å². The van der Waals surface area contributed by atoms with Crippen LogP contribution in [0.2, 0.25) is 0 Å². The molecule has 1 fully saturated rings. The lowest BCUT2D eigenvalue weighted by Gasteiger charge is -2.34. The molecule has 2 aromatic heterocycles. The van der Waals surface area contributed by atoms with Crippen molar-refractivity contribution >= 4 is 22.8 Å². The number of fused-ring (bicyclic) bond motifs is 1. The molecule has 7 heteroatoms. The van der Waals surface area contributed by atoms with Crippen molar-refractivity contribution in [2.45, 2.75) is 13.0 Å². The molecular formula is C18H20N6O. The minimum absolute atomic E-state index is 0.174. The van der Waals surface area contributed by atoms with E-state index in [1.807, 2.05) is 46.1 Å². The van der Waals surface area contributed by atoms with Gasteiger partial charge in [-0.3, -0.25) is 9.48 Å². The summed E-state index contributed by atoms with van der Waals surface area (Å²) in [5, 5.41) is 5.49. The molecule has 1 aliphatic heterocycles. The van der Waals surface area contributed by atoms with E-state index in [1.54, 1.807) is 12.4 Å². The first kappa shape index (κ1) is 15.6. The molecule has 0 spiro atoms. The first-order valence-corrected chi connectivity index (χ1v) is 8.51. The molecule has 4 rings (SSSR count). The molecule has 25 heavy (non-hydrogen) atoms. The third-order valence-corrected chi connectivity index (χ3v) is 4.56. The highest BCUT2D eigenvalue weighted by Crippen LogP contribution is 2.14. The summed E-state index contributed by atoms with van der Waals surface area (Å²) in [6.45, 7) is 3.54. The average molecular weight is 336 g/mol. The Morgan fingerprint density at radius 2 is 1.76 bits per heavy atom. The number of para-hydroxylation sites is 1. The zero-order valence-electron chi connectivity index (χ0n) is 14.0. The predicted molar refractivity (Wildman–Crippen MR) is 95.2 cm³/mol. The van der Waals surface area contributed by atoms with Gasteiger partial charge in [-0.15, -0.1) is 0 Å². The van der Waals surface area contributed by atoms with Gasteiger partial charge in [0.15, 0.2) is 0 Å². The number of aryl methyl sites for hydroxylation is 1. The smallest absolute Gasteiger partial charge is 0.225 e. The van der Waals surface area contributed by atoms with Crippen LogP contribution in [0.25, 0.3) is 10.9 Å². The third-order valence-electron chi connectivity index (χ3n) is 4.56. The topological polar surface area (TPSA) is 67.2 Å². The van der Waals surface area contributed by atoms with Crippen LogP contribution in [0, 0.1) is 0 Å². The second-order valence-corrected chi connectivity index (χ2v) is 6.09. The molecule has 7 nitrogen and oxygen atoms in total. The SMILES string of the molecule is O=C(CCn1ncc2ccccc21)N1CCN(c2ncccn2)CC1. The minimum Gasteiger partial charge on any atom is -0.339 e. The summed E-state index contributed by atoms with van der Waals surface area (Å²) in [6, 6.07) is 9.86. The molecule has 0 atom stereocenters. The van der Waals surface area contributed by atoms with Crippen molar-refractivity contribution in [2.75, 3.05) is 31.1 Å². The molecule has 0 unspecified atom stereocenters. The van der Waals surface area contributed by atoms with E-state index < -0.39 is 0 Å². The van der Waals surface area contributed by atoms with Crippen molar-refractivity contribution in [3.63, 3.8) is 0 Å². The van der Waals surface area contributed by atoms with E-state index >= 15 is 0 Å². The Balaban J connectivity index is 1.32. The molecule has 0 N–H and O–H groups in total. The van der Waals surface area contributed by atoms with E-state index in [0.29, 0.717) is 26.1 Å². The fourth-order valence-electron chi connectivity index (χ4n) is 3.17. The van der Waals surface area contributed by atoms with Gasteiger partial charge in [-0.2, -0.15) is 5.10 Å². The second kappa shape index (κ2) is 6.88. The van der Waals surface area contributed by atoms with Gasteiger partial charge in [-0.1, -0.05) is 18.2 Å². The maximum absolute atomic E-state index is 12.5. The van der Waals surface area contributed by atoms with Crippen LogP contribution in [-0.4, -0.2) is 56.7 Å². The zero-order valence-corrected chi connectivity index (χ0v) is 14.0. The first-order chi connectivity index (χ1) is 12.3. The van der Waals surface area contributed by atoms with Gasteiger partial charge < -0.3 is 9.80 Å². The summed E-state index contributed by atoms with van der Waals surface area (Å²) in [5.41, 5.74) is 1.07. The molecule has 1 amide bonds. The number of nitrogens with zero attached hydrogens (tertiary/aromatic N) is 6. The molecule has 0 saturated carbocycles. The second-order valence-electron chi connectivity index (χ2n) is 6.09. The third kappa shape index (κ3) is 3.31. The van der Waals surface area contributed by atoms with E-state index in [4.69, 9.17) is 0 Å². The number of benzene rings is 1. The van der Waals surface area contributed by atoms with E-state index in [-0.39, 0.29) is 5.91 Å². The maximum atomic E-state index is 12.5. The van der Waals surface area contributed by atoms with Gasteiger partial charge >= 0.3 is 0 Å². The first-order valence-electron chi connectivity index (χ1n) is 8.51. The molecular weight excluding hydrogens is 316 g/mol. The van der Waals surface area contributed by atoms with E-state index in [9.17, 15) is 4.79 Å². The Morgan fingerprint density at radius 3 is 2.56 bits per heavy atom. The highest BCUT2D eigenvalue weighted by molar-refractivity contribution is 5.79.